The van der Waals surface area contributed by atoms with Crippen LogP contribution in [-0.4, -0.2) is 20.4 Å². The van der Waals surface area contributed by atoms with Crippen LogP contribution in [-0.2, 0) is 23.7 Å². The van der Waals surface area contributed by atoms with Gasteiger partial charge in [-0.15, -0.1) is 13.2 Å². The predicted molar refractivity (Wildman–Crippen MR) is 167 cm³/mol. The van der Waals surface area contributed by atoms with Crippen molar-refractivity contribution in [1.82, 2.24) is 0 Å². The monoisotopic (exact) mass is 536 g/mol. The molecule has 0 saturated carbocycles. The number of phenolic OH excluding ortho intramolecular Hbond substituents is 4. The van der Waals surface area contributed by atoms with E-state index in [9.17, 15) is 20.4 Å². The number of rotatable bonds is 6. The molecular formula is C36H40O4. The summed E-state index contributed by atoms with van der Waals surface area (Å²) in [6.45, 7) is 20.0. The van der Waals surface area contributed by atoms with Crippen LogP contribution in [0.15, 0.2) is 73.8 Å². The van der Waals surface area contributed by atoms with E-state index >= 15 is 0 Å². The number of phenols is 4. The molecule has 40 heavy (non-hydrogen) atoms. The lowest BCUT2D eigenvalue weighted by Crippen LogP contribution is -2.12. The maximum Gasteiger partial charge on any atom is 0.124 e. The molecule has 0 radical (unpaired) electrons. The van der Waals surface area contributed by atoms with Crippen LogP contribution in [0.3, 0.4) is 0 Å². The lowest BCUT2D eigenvalue weighted by Gasteiger charge is -2.25. The summed E-state index contributed by atoms with van der Waals surface area (Å²) >= 11 is 0. The number of hydrogen-bond acceptors (Lipinski definition) is 4. The first kappa shape index (κ1) is 28.8. The molecule has 4 heteroatoms. The van der Waals surface area contributed by atoms with Gasteiger partial charge >= 0.3 is 0 Å². The van der Waals surface area contributed by atoms with Crippen molar-refractivity contribution >= 4 is 10.8 Å². The van der Waals surface area contributed by atoms with E-state index in [0.717, 1.165) is 44.2 Å². The first-order valence-corrected chi connectivity index (χ1v) is 13.6. The van der Waals surface area contributed by atoms with Crippen molar-refractivity contribution in [3.05, 3.63) is 96.1 Å². The molecule has 0 aromatic heterocycles. The Morgan fingerprint density at radius 1 is 0.575 bits per heavy atom. The first-order valence-electron chi connectivity index (χ1n) is 13.6. The third-order valence-corrected chi connectivity index (χ3v) is 7.46. The standard InChI is InChI=1S/C36H40O4/c1-9-11-21-17-23(19-27(33(21)39)35(3,4)5)31-25-13-16-30(38)32(26(25)14-15-29(31)37)24-18-22(12-10-2)34(40)28(20-24)36(6,7)8/h9-10,13-20,37-40H,1-2,11-12H2,3-8H3. The van der Waals surface area contributed by atoms with Gasteiger partial charge in [-0.3, -0.25) is 0 Å². The summed E-state index contributed by atoms with van der Waals surface area (Å²) in [5.41, 5.74) is 5.13. The Kier molecular flexibility index (Phi) is 7.51. The average molecular weight is 537 g/mol. The van der Waals surface area contributed by atoms with Crippen LogP contribution in [0, 0.1) is 0 Å². The fourth-order valence-corrected chi connectivity index (χ4v) is 5.43. The molecule has 0 unspecified atom stereocenters. The smallest absolute Gasteiger partial charge is 0.124 e. The summed E-state index contributed by atoms with van der Waals surface area (Å²) in [5.74, 6) is 0.686. The van der Waals surface area contributed by atoms with Gasteiger partial charge in [0.25, 0.3) is 0 Å². The molecule has 0 atom stereocenters. The molecule has 0 bridgehead atoms. The highest BCUT2D eigenvalue weighted by atomic mass is 16.3. The van der Waals surface area contributed by atoms with E-state index in [1.807, 2.05) is 77.9 Å². The lowest BCUT2D eigenvalue weighted by atomic mass is 9.81. The molecule has 4 N–H and O–H groups in total. The summed E-state index contributed by atoms with van der Waals surface area (Å²) in [7, 11) is 0. The molecule has 0 heterocycles. The second-order valence-electron chi connectivity index (χ2n) is 12.6. The Morgan fingerprint density at radius 3 is 1.23 bits per heavy atom. The fourth-order valence-electron chi connectivity index (χ4n) is 5.43. The van der Waals surface area contributed by atoms with Crippen molar-refractivity contribution in [2.45, 2.75) is 65.2 Å². The van der Waals surface area contributed by atoms with Crippen LogP contribution < -0.4 is 0 Å². The Labute approximate surface area is 237 Å². The largest absolute Gasteiger partial charge is 0.507 e. The molecule has 4 aromatic carbocycles. The lowest BCUT2D eigenvalue weighted by molar-refractivity contribution is 0.441. The van der Waals surface area contributed by atoms with Crippen molar-refractivity contribution < 1.29 is 20.4 Å². The molecule has 4 rings (SSSR count). The van der Waals surface area contributed by atoms with Crippen molar-refractivity contribution in [3.63, 3.8) is 0 Å². The number of aromatic hydroxyl groups is 4. The Balaban J connectivity index is 2.09. The summed E-state index contributed by atoms with van der Waals surface area (Å²) in [5, 5.41) is 46.0. The van der Waals surface area contributed by atoms with Gasteiger partial charge in [-0.2, -0.15) is 0 Å². The van der Waals surface area contributed by atoms with E-state index in [-0.39, 0.29) is 33.8 Å². The third kappa shape index (κ3) is 5.19. The summed E-state index contributed by atoms with van der Waals surface area (Å²) < 4.78 is 0. The number of allylic oxidation sites excluding steroid dienone is 2. The molecule has 0 fully saturated rings. The second kappa shape index (κ2) is 10.4. The van der Waals surface area contributed by atoms with Gasteiger partial charge in [0.2, 0.25) is 0 Å². The number of hydrogen-bond donors (Lipinski definition) is 4. The number of fused-ring (bicyclic) bond motifs is 1. The predicted octanol–water partition coefficient (Wildman–Crippen LogP) is 9.05. The maximum absolute atomic E-state index is 11.2. The van der Waals surface area contributed by atoms with E-state index < -0.39 is 0 Å². The normalized spacial score (nSPS) is 12.1. The quantitative estimate of drug-likeness (QED) is 0.185. The van der Waals surface area contributed by atoms with Gasteiger partial charge in [0.1, 0.15) is 23.0 Å². The van der Waals surface area contributed by atoms with Crippen molar-refractivity contribution in [1.29, 1.82) is 0 Å². The van der Waals surface area contributed by atoms with Crippen LogP contribution in [0.2, 0.25) is 0 Å². The van der Waals surface area contributed by atoms with Gasteiger partial charge < -0.3 is 20.4 Å². The molecule has 0 aliphatic heterocycles. The molecule has 0 aliphatic carbocycles. The Morgan fingerprint density at radius 2 is 0.925 bits per heavy atom. The molecule has 0 spiro atoms. The molecule has 4 nitrogen and oxygen atoms in total. The molecule has 208 valence electrons. The van der Waals surface area contributed by atoms with Crippen LogP contribution in [0.25, 0.3) is 33.0 Å². The highest BCUT2D eigenvalue weighted by Gasteiger charge is 2.25. The van der Waals surface area contributed by atoms with Gasteiger partial charge in [0.15, 0.2) is 0 Å². The molecular weight excluding hydrogens is 496 g/mol. The average Bonchev–Trinajstić information content (AvgIpc) is 2.85. The van der Waals surface area contributed by atoms with Crippen molar-refractivity contribution in [3.8, 4) is 45.3 Å². The Hall–Kier alpha value is -4.18. The minimum Gasteiger partial charge on any atom is -0.507 e. The van der Waals surface area contributed by atoms with Gasteiger partial charge in [-0.05, 0) is 105 Å². The maximum atomic E-state index is 11.2. The minimum absolute atomic E-state index is 0.104. The van der Waals surface area contributed by atoms with E-state index in [1.165, 1.54) is 0 Å². The summed E-state index contributed by atoms with van der Waals surface area (Å²) in [6.07, 6.45) is 4.47. The molecule has 4 aromatic rings. The van der Waals surface area contributed by atoms with Gasteiger partial charge in [0.05, 0.1) is 0 Å². The van der Waals surface area contributed by atoms with Crippen LogP contribution in [0.1, 0.15) is 63.8 Å². The molecule has 0 saturated heterocycles. The Bertz CT molecular complexity index is 1510. The number of benzene rings is 4. The van der Waals surface area contributed by atoms with E-state index in [1.54, 1.807) is 24.3 Å². The highest BCUT2D eigenvalue weighted by Crippen LogP contribution is 2.47. The summed E-state index contributed by atoms with van der Waals surface area (Å²) in [6, 6.07) is 14.6. The van der Waals surface area contributed by atoms with Crippen LogP contribution in [0.4, 0.5) is 0 Å². The topological polar surface area (TPSA) is 80.9 Å². The molecule has 0 amide bonds. The highest BCUT2D eigenvalue weighted by molar-refractivity contribution is 6.08. The van der Waals surface area contributed by atoms with E-state index in [0.29, 0.717) is 24.0 Å². The minimum atomic E-state index is -0.337. The molecule has 0 aliphatic rings. The van der Waals surface area contributed by atoms with Gasteiger partial charge in [-0.25, -0.2) is 0 Å². The first-order chi connectivity index (χ1) is 18.7. The fraction of sp³-hybridized carbons (Fsp3) is 0.278. The van der Waals surface area contributed by atoms with E-state index in [4.69, 9.17) is 0 Å². The van der Waals surface area contributed by atoms with Crippen LogP contribution in [0.5, 0.6) is 23.0 Å². The SMILES string of the molecule is C=CCc1cc(-c2c(O)ccc3c(-c4cc(CC=C)c(O)c(C(C)(C)C)c4)c(O)ccc23)cc(C(C)(C)C)c1O. The van der Waals surface area contributed by atoms with Crippen molar-refractivity contribution in [2.75, 3.05) is 0 Å². The van der Waals surface area contributed by atoms with Crippen LogP contribution >= 0.6 is 0 Å². The summed E-state index contributed by atoms with van der Waals surface area (Å²) in [4.78, 5) is 0. The zero-order chi connectivity index (χ0) is 29.6. The zero-order valence-electron chi connectivity index (χ0n) is 24.4. The van der Waals surface area contributed by atoms with E-state index in [2.05, 4.69) is 13.2 Å². The second-order valence-corrected chi connectivity index (χ2v) is 12.6. The van der Waals surface area contributed by atoms with Crippen molar-refractivity contribution in [2.24, 2.45) is 0 Å². The third-order valence-electron chi connectivity index (χ3n) is 7.46. The van der Waals surface area contributed by atoms with Gasteiger partial charge in [-0.1, -0.05) is 53.7 Å². The van der Waals surface area contributed by atoms with Gasteiger partial charge in [0, 0.05) is 22.3 Å². The zero-order valence-corrected chi connectivity index (χ0v) is 24.4.